The maximum absolute atomic E-state index is 5.85. The van der Waals surface area contributed by atoms with Gasteiger partial charge < -0.3 is 9.47 Å². The van der Waals surface area contributed by atoms with E-state index in [9.17, 15) is 0 Å². The fourth-order valence-corrected chi connectivity index (χ4v) is 2.50. The van der Waals surface area contributed by atoms with E-state index < -0.39 is 0 Å². The summed E-state index contributed by atoms with van der Waals surface area (Å²) in [4.78, 5) is 0. The van der Waals surface area contributed by atoms with Crippen LogP contribution in [0.5, 0.6) is 11.5 Å². The topological polar surface area (TPSA) is 56.5 Å². The highest BCUT2D eigenvalue weighted by atomic mass is 35.5. The Hall–Kier alpha value is -1.75. The van der Waals surface area contributed by atoms with Crippen LogP contribution >= 0.6 is 11.6 Å². The highest BCUT2D eigenvalue weighted by molar-refractivity contribution is 6.30. The van der Waals surface area contributed by atoms with Crippen molar-refractivity contribution >= 4 is 11.6 Å². The van der Waals surface area contributed by atoms with Gasteiger partial charge in [0.25, 0.3) is 0 Å². The summed E-state index contributed by atoms with van der Waals surface area (Å²) < 4.78 is 11.3. The van der Waals surface area contributed by atoms with Crippen LogP contribution in [0.25, 0.3) is 0 Å². The molecule has 0 saturated carbocycles. The fraction of sp³-hybridized carbons (Fsp3) is 0.250. The molecule has 1 aliphatic heterocycles. The van der Waals surface area contributed by atoms with Crippen LogP contribution in [-0.4, -0.2) is 13.2 Å². The molecule has 0 bridgehead atoms. The predicted molar refractivity (Wildman–Crippen MR) is 82.7 cm³/mol. The first-order valence-electron chi connectivity index (χ1n) is 6.86. The number of benzene rings is 2. The van der Waals surface area contributed by atoms with Crippen molar-refractivity contribution in [3.8, 4) is 11.5 Å². The monoisotopic (exact) mass is 304 g/mol. The summed E-state index contributed by atoms with van der Waals surface area (Å²) in [6, 6.07) is 13.3. The van der Waals surface area contributed by atoms with E-state index in [0.717, 1.165) is 30.1 Å². The smallest absolute Gasteiger partial charge is 0.122 e. The van der Waals surface area contributed by atoms with Gasteiger partial charge in [0.15, 0.2) is 0 Å². The number of nitrogens with one attached hydrogen (secondary N) is 1. The zero-order chi connectivity index (χ0) is 14.7. The van der Waals surface area contributed by atoms with Gasteiger partial charge in [-0.15, -0.1) is 0 Å². The van der Waals surface area contributed by atoms with E-state index in [4.69, 9.17) is 26.9 Å². The summed E-state index contributed by atoms with van der Waals surface area (Å²) in [6.07, 6.45) is 0.943. The first-order valence-corrected chi connectivity index (χ1v) is 7.24. The Morgan fingerprint density at radius 2 is 2.05 bits per heavy atom. The Kier molecular flexibility index (Phi) is 4.29. The van der Waals surface area contributed by atoms with Crippen molar-refractivity contribution in [2.75, 3.05) is 13.2 Å². The van der Waals surface area contributed by atoms with Crippen LogP contribution in [0.3, 0.4) is 0 Å². The molecule has 0 amide bonds. The van der Waals surface area contributed by atoms with Crippen molar-refractivity contribution in [1.82, 2.24) is 5.43 Å². The molecule has 0 saturated heterocycles. The molecule has 0 aromatic heterocycles. The second kappa shape index (κ2) is 6.35. The summed E-state index contributed by atoms with van der Waals surface area (Å²) in [5.74, 6) is 7.39. The first-order chi connectivity index (χ1) is 10.3. The van der Waals surface area contributed by atoms with Gasteiger partial charge in [-0.2, -0.15) is 0 Å². The van der Waals surface area contributed by atoms with E-state index in [0.29, 0.717) is 11.6 Å². The normalized spacial score (nSPS) is 14.4. The summed E-state index contributed by atoms with van der Waals surface area (Å²) in [7, 11) is 0. The first kappa shape index (κ1) is 14.2. The van der Waals surface area contributed by atoms with Gasteiger partial charge in [0.2, 0.25) is 0 Å². The van der Waals surface area contributed by atoms with Gasteiger partial charge >= 0.3 is 0 Å². The zero-order valence-electron chi connectivity index (χ0n) is 11.5. The summed E-state index contributed by atoms with van der Waals surface area (Å²) >= 11 is 5.85. The number of halogens is 1. The Morgan fingerprint density at radius 1 is 1.24 bits per heavy atom. The fourth-order valence-electron chi connectivity index (χ4n) is 2.37. The van der Waals surface area contributed by atoms with Crippen LogP contribution < -0.4 is 20.7 Å². The zero-order valence-corrected chi connectivity index (χ0v) is 12.3. The number of nitrogens with two attached hydrogens (primary N) is 1. The highest BCUT2D eigenvalue weighted by Gasteiger charge is 2.16. The van der Waals surface area contributed by atoms with Crippen LogP contribution in [0, 0.1) is 0 Å². The molecule has 5 heteroatoms. The second-order valence-electron chi connectivity index (χ2n) is 4.95. The standard InChI is InChI=1S/C16H17ClN2O2/c17-13-2-4-14(5-3-13)21-10-15(19-18)11-1-6-16-12(9-11)7-8-20-16/h1-6,9,15,19H,7-8,10,18H2. The number of rotatable bonds is 5. The van der Waals surface area contributed by atoms with Gasteiger partial charge in [-0.1, -0.05) is 23.7 Å². The molecule has 3 rings (SSSR count). The molecular weight excluding hydrogens is 288 g/mol. The maximum Gasteiger partial charge on any atom is 0.122 e. The molecule has 1 unspecified atom stereocenters. The number of ether oxygens (including phenoxy) is 2. The van der Waals surface area contributed by atoms with Crippen molar-refractivity contribution in [3.63, 3.8) is 0 Å². The number of hydrazine groups is 1. The number of hydrogen-bond donors (Lipinski definition) is 2. The van der Waals surface area contributed by atoms with Gasteiger partial charge in [0.1, 0.15) is 18.1 Å². The molecule has 0 radical (unpaired) electrons. The summed E-state index contributed by atoms with van der Waals surface area (Å²) in [5.41, 5.74) is 5.11. The molecule has 4 nitrogen and oxygen atoms in total. The van der Waals surface area contributed by atoms with Gasteiger partial charge in [-0.05, 0) is 41.5 Å². The Bertz CT molecular complexity index is 616. The third-order valence-corrected chi connectivity index (χ3v) is 3.80. The van der Waals surface area contributed by atoms with Crippen molar-refractivity contribution in [2.24, 2.45) is 5.84 Å². The lowest BCUT2D eigenvalue weighted by molar-refractivity contribution is 0.267. The van der Waals surface area contributed by atoms with E-state index in [1.54, 1.807) is 12.1 Å². The van der Waals surface area contributed by atoms with Crippen LogP contribution in [0.1, 0.15) is 17.2 Å². The molecule has 3 N–H and O–H groups in total. The molecule has 1 atom stereocenters. The van der Waals surface area contributed by atoms with Gasteiger partial charge in [-0.25, -0.2) is 5.43 Å². The lowest BCUT2D eigenvalue weighted by atomic mass is 10.0. The highest BCUT2D eigenvalue weighted by Crippen LogP contribution is 2.28. The minimum Gasteiger partial charge on any atom is -0.493 e. The molecule has 2 aromatic carbocycles. The Balaban J connectivity index is 1.68. The largest absolute Gasteiger partial charge is 0.493 e. The average molecular weight is 305 g/mol. The summed E-state index contributed by atoms with van der Waals surface area (Å²) in [5, 5.41) is 0.689. The third-order valence-electron chi connectivity index (χ3n) is 3.55. The molecule has 0 spiro atoms. The van der Waals surface area contributed by atoms with E-state index in [1.165, 1.54) is 5.56 Å². The van der Waals surface area contributed by atoms with E-state index in [-0.39, 0.29) is 6.04 Å². The van der Waals surface area contributed by atoms with Gasteiger partial charge in [0.05, 0.1) is 12.6 Å². The minimum atomic E-state index is -0.0772. The van der Waals surface area contributed by atoms with Gasteiger partial charge in [-0.3, -0.25) is 5.84 Å². The maximum atomic E-state index is 5.85. The van der Waals surface area contributed by atoms with Crippen molar-refractivity contribution in [1.29, 1.82) is 0 Å². The van der Waals surface area contributed by atoms with Crippen LogP contribution in [0.15, 0.2) is 42.5 Å². The molecule has 110 valence electrons. The molecule has 0 fully saturated rings. The SMILES string of the molecule is NNC(COc1ccc(Cl)cc1)c1ccc2c(c1)CCO2. The molecule has 1 heterocycles. The Labute approximate surface area is 128 Å². The third kappa shape index (κ3) is 3.29. The van der Waals surface area contributed by atoms with Gasteiger partial charge in [0, 0.05) is 11.4 Å². The van der Waals surface area contributed by atoms with Crippen LogP contribution in [0.4, 0.5) is 0 Å². The molecule has 1 aliphatic rings. The van der Waals surface area contributed by atoms with Crippen LogP contribution in [0.2, 0.25) is 5.02 Å². The van der Waals surface area contributed by atoms with Crippen LogP contribution in [-0.2, 0) is 6.42 Å². The van der Waals surface area contributed by atoms with Crippen molar-refractivity contribution < 1.29 is 9.47 Å². The number of fused-ring (bicyclic) bond motifs is 1. The van der Waals surface area contributed by atoms with E-state index >= 15 is 0 Å². The molecule has 2 aromatic rings. The average Bonchev–Trinajstić information content (AvgIpc) is 2.97. The van der Waals surface area contributed by atoms with Crippen molar-refractivity contribution in [3.05, 3.63) is 58.6 Å². The molecule has 21 heavy (non-hydrogen) atoms. The lowest BCUT2D eigenvalue weighted by Crippen LogP contribution is -2.32. The second-order valence-corrected chi connectivity index (χ2v) is 5.39. The molecule has 0 aliphatic carbocycles. The predicted octanol–water partition coefficient (Wildman–Crippen LogP) is 2.86. The Morgan fingerprint density at radius 3 is 2.81 bits per heavy atom. The molecular formula is C16H17ClN2O2. The number of hydrogen-bond acceptors (Lipinski definition) is 4. The minimum absolute atomic E-state index is 0.0772. The van der Waals surface area contributed by atoms with E-state index in [2.05, 4.69) is 11.5 Å². The summed E-state index contributed by atoms with van der Waals surface area (Å²) in [6.45, 7) is 1.19. The lowest BCUT2D eigenvalue weighted by Gasteiger charge is -2.18. The van der Waals surface area contributed by atoms with E-state index in [1.807, 2.05) is 24.3 Å². The van der Waals surface area contributed by atoms with Crippen molar-refractivity contribution in [2.45, 2.75) is 12.5 Å². The quantitative estimate of drug-likeness (QED) is 0.659.